The minimum atomic E-state index is -0.319. The van der Waals surface area contributed by atoms with Crippen LogP contribution in [0, 0.1) is 56.7 Å². The summed E-state index contributed by atoms with van der Waals surface area (Å²) in [6.07, 6.45) is 14.3. The van der Waals surface area contributed by atoms with Gasteiger partial charge in [-0.3, -0.25) is 4.79 Å². The fourth-order valence-corrected chi connectivity index (χ4v) is 13.0. The predicted molar refractivity (Wildman–Crippen MR) is 190 cm³/mol. The number of methoxy groups -OCH3 is 3. The third-order valence-electron chi connectivity index (χ3n) is 15.6. The number of allylic oxidation sites excluding steroid dienone is 1. The van der Waals surface area contributed by atoms with Crippen molar-refractivity contribution >= 4 is 17.8 Å². The first-order chi connectivity index (χ1) is 22.6. The Morgan fingerprint density at radius 2 is 1.54 bits per heavy atom. The van der Waals surface area contributed by atoms with Crippen molar-refractivity contribution in [2.75, 3.05) is 27.9 Å². The molecule has 0 amide bonds. The number of fused-ring (bicyclic) bond motifs is 7. The van der Waals surface area contributed by atoms with Gasteiger partial charge in [-0.25, -0.2) is 4.79 Å². The summed E-state index contributed by atoms with van der Waals surface area (Å²) in [7, 11) is 4.74. The summed E-state index contributed by atoms with van der Waals surface area (Å²) in [6.45, 7) is 19.5. The number of rotatable bonds is 8. The van der Waals surface area contributed by atoms with Gasteiger partial charge in [-0.15, -0.1) is 0 Å². The van der Waals surface area contributed by atoms with Crippen LogP contribution in [0.1, 0.15) is 111 Å². The molecule has 5 aliphatic carbocycles. The normalized spacial score (nSPS) is 39.9. The lowest BCUT2D eigenvalue weighted by molar-refractivity contribution is -0.236. The van der Waals surface area contributed by atoms with E-state index in [1.54, 1.807) is 27.4 Å². The highest BCUT2D eigenvalue weighted by molar-refractivity contribution is 5.87. The second kappa shape index (κ2) is 12.2. The molecule has 264 valence electrons. The highest BCUT2D eigenvalue weighted by atomic mass is 16.5. The Balaban J connectivity index is 1.24. The molecule has 5 saturated carbocycles. The van der Waals surface area contributed by atoms with Gasteiger partial charge in [0, 0.05) is 23.3 Å². The van der Waals surface area contributed by atoms with Crippen molar-refractivity contribution in [1.82, 2.24) is 0 Å². The number of ether oxygens (including phenoxy) is 4. The van der Waals surface area contributed by atoms with E-state index in [1.165, 1.54) is 37.3 Å². The van der Waals surface area contributed by atoms with Crippen molar-refractivity contribution in [2.45, 2.75) is 106 Å². The Morgan fingerprint density at radius 1 is 0.854 bits per heavy atom. The topological polar surface area (TPSA) is 71.1 Å². The fraction of sp³-hybridized carbons (Fsp3) is 0.714. The van der Waals surface area contributed by atoms with Crippen molar-refractivity contribution < 1.29 is 28.5 Å². The quantitative estimate of drug-likeness (QED) is 0.157. The smallest absolute Gasteiger partial charge is 0.330 e. The summed E-state index contributed by atoms with van der Waals surface area (Å²) >= 11 is 0. The van der Waals surface area contributed by atoms with Gasteiger partial charge < -0.3 is 18.9 Å². The zero-order valence-electron chi connectivity index (χ0n) is 31.1. The number of hydrogen-bond acceptors (Lipinski definition) is 6. The molecule has 0 aliphatic heterocycles. The van der Waals surface area contributed by atoms with Crippen molar-refractivity contribution in [1.29, 1.82) is 0 Å². The van der Waals surface area contributed by atoms with E-state index in [0.717, 1.165) is 44.1 Å². The van der Waals surface area contributed by atoms with Crippen LogP contribution in [0.25, 0.3) is 6.08 Å². The minimum Gasteiger partial charge on any atom is -0.493 e. The first-order valence-corrected chi connectivity index (χ1v) is 18.5. The van der Waals surface area contributed by atoms with Gasteiger partial charge in [0.15, 0.2) is 11.5 Å². The molecule has 9 atom stereocenters. The van der Waals surface area contributed by atoms with Gasteiger partial charge in [-0.1, -0.05) is 46.8 Å². The van der Waals surface area contributed by atoms with Crippen LogP contribution in [0.4, 0.5) is 0 Å². The lowest BCUT2D eigenvalue weighted by Crippen LogP contribution is -2.66. The molecule has 48 heavy (non-hydrogen) atoms. The van der Waals surface area contributed by atoms with Gasteiger partial charge in [0.25, 0.3) is 0 Å². The number of carbonyl (C=O) groups is 2. The maximum Gasteiger partial charge on any atom is 0.330 e. The Kier molecular flexibility index (Phi) is 8.94. The third kappa shape index (κ3) is 5.08. The average molecular weight is 661 g/mol. The Labute approximate surface area is 289 Å². The van der Waals surface area contributed by atoms with E-state index in [2.05, 4.69) is 48.1 Å². The molecule has 0 aromatic heterocycles. The molecule has 0 N–H and O–H groups in total. The van der Waals surface area contributed by atoms with Crippen LogP contribution in [0.2, 0.25) is 0 Å². The zero-order chi connectivity index (χ0) is 34.9. The Morgan fingerprint density at radius 3 is 2.17 bits per heavy atom. The molecule has 1 aromatic rings. The number of benzene rings is 1. The number of hydrogen-bond donors (Lipinski definition) is 0. The van der Waals surface area contributed by atoms with Crippen LogP contribution in [0.5, 0.6) is 17.2 Å². The molecule has 1 aromatic carbocycles. The molecule has 6 rings (SSSR count). The Bertz CT molecular complexity index is 1470. The molecule has 0 bridgehead atoms. The summed E-state index contributed by atoms with van der Waals surface area (Å²) < 4.78 is 22.6. The van der Waals surface area contributed by atoms with Gasteiger partial charge >= 0.3 is 5.97 Å². The number of carbonyl (C=O) groups excluding carboxylic acids is 2. The van der Waals surface area contributed by atoms with Crippen LogP contribution in [-0.4, -0.2) is 39.7 Å². The minimum absolute atomic E-state index is 0.0204. The summed E-state index contributed by atoms with van der Waals surface area (Å²) in [6, 6.07) is 3.65. The molecule has 5 fully saturated rings. The molecular formula is C42H60O6. The lowest BCUT2D eigenvalue weighted by atomic mass is 9.32. The molecule has 6 heteroatoms. The van der Waals surface area contributed by atoms with Crippen molar-refractivity contribution in [3.05, 3.63) is 35.9 Å². The summed E-state index contributed by atoms with van der Waals surface area (Å²) in [5.41, 5.74) is 2.45. The first-order valence-electron chi connectivity index (χ1n) is 18.5. The van der Waals surface area contributed by atoms with Crippen LogP contribution < -0.4 is 14.2 Å². The molecule has 5 aliphatic rings. The van der Waals surface area contributed by atoms with Gasteiger partial charge in [0.1, 0.15) is 5.78 Å². The van der Waals surface area contributed by atoms with Crippen LogP contribution in [0.3, 0.4) is 0 Å². The third-order valence-corrected chi connectivity index (χ3v) is 15.6. The molecule has 6 nitrogen and oxygen atoms in total. The van der Waals surface area contributed by atoms with Crippen LogP contribution in [0.15, 0.2) is 30.4 Å². The number of esters is 1. The van der Waals surface area contributed by atoms with Gasteiger partial charge in [0.2, 0.25) is 5.75 Å². The zero-order valence-corrected chi connectivity index (χ0v) is 31.1. The maximum atomic E-state index is 13.3. The molecule has 9 unspecified atom stereocenters. The Hall–Kier alpha value is -2.76. The monoisotopic (exact) mass is 660 g/mol. The molecule has 0 spiro atoms. The summed E-state index contributed by atoms with van der Waals surface area (Å²) in [5, 5.41) is 0. The highest BCUT2D eigenvalue weighted by Crippen LogP contribution is 2.77. The molecule has 0 saturated heterocycles. The molecular weight excluding hydrogens is 600 g/mol. The second-order valence-corrected chi connectivity index (χ2v) is 17.6. The van der Waals surface area contributed by atoms with Gasteiger partial charge in [-0.2, -0.15) is 0 Å². The predicted octanol–water partition coefficient (Wildman–Crippen LogP) is 9.50. The summed E-state index contributed by atoms with van der Waals surface area (Å²) in [5.74, 6) is 4.35. The van der Waals surface area contributed by atoms with E-state index in [-0.39, 0.29) is 33.0 Å². The molecule has 0 radical (unpaired) electrons. The van der Waals surface area contributed by atoms with Gasteiger partial charge in [0.05, 0.1) is 27.9 Å². The first kappa shape index (κ1) is 35.1. The summed E-state index contributed by atoms with van der Waals surface area (Å²) in [4.78, 5) is 26.4. The van der Waals surface area contributed by atoms with Crippen LogP contribution in [-0.2, 0) is 14.3 Å². The second-order valence-electron chi connectivity index (χ2n) is 17.6. The van der Waals surface area contributed by atoms with Crippen LogP contribution >= 0.6 is 0 Å². The standard InChI is InChI=1S/C42H60O6/c1-26(2)28-15-20-42(25-48-35(44)14-11-27-23-30(45-8)37(47-10)31(24-27)46-9)22-21-40(6)29(36(28)42)12-13-33-39(5)18-17-34(43)38(3,4)32(39)16-19-41(33,40)7/h11,14,23-24,28-29,32-33,36H,1,12-13,15-22,25H2,2-10H3. The lowest BCUT2D eigenvalue weighted by Gasteiger charge is -2.72. The van der Waals surface area contributed by atoms with E-state index >= 15 is 0 Å². The van der Waals surface area contributed by atoms with Crippen molar-refractivity contribution in [2.24, 2.45) is 56.7 Å². The maximum absolute atomic E-state index is 13.3. The van der Waals surface area contributed by atoms with E-state index in [0.29, 0.717) is 59.2 Å². The molecule has 0 heterocycles. The SMILES string of the molecule is C=C(C)C1CCC2(COC(=O)C=Cc3cc(OC)c(OC)c(OC)c3)CCC3(C)C(CCC4C5(C)CCC(=O)C(C)(C)C5CCC43C)C12. The van der Waals surface area contributed by atoms with E-state index in [4.69, 9.17) is 18.9 Å². The largest absolute Gasteiger partial charge is 0.493 e. The van der Waals surface area contributed by atoms with Gasteiger partial charge in [-0.05, 0) is 134 Å². The van der Waals surface area contributed by atoms with E-state index < -0.39 is 0 Å². The average Bonchev–Trinajstić information content (AvgIpc) is 3.44. The highest BCUT2D eigenvalue weighted by Gasteiger charge is 2.71. The number of Topliss-reactive ketones (excluding diaryl/α,β-unsaturated/α-hetero) is 1. The van der Waals surface area contributed by atoms with Crippen molar-refractivity contribution in [3.8, 4) is 17.2 Å². The number of ketones is 1. The fourth-order valence-electron chi connectivity index (χ4n) is 13.0. The van der Waals surface area contributed by atoms with E-state index in [1.807, 2.05) is 12.1 Å². The van der Waals surface area contributed by atoms with Crippen molar-refractivity contribution in [3.63, 3.8) is 0 Å². The van der Waals surface area contributed by atoms with E-state index in [9.17, 15) is 9.59 Å².